The van der Waals surface area contributed by atoms with E-state index >= 15 is 0 Å². The van der Waals surface area contributed by atoms with Gasteiger partial charge in [0.2, 0.25) is 0 Å². The molecule has 0 bridgehead atoms. The Bertz CT molecular complexity index is 434. The van der Waals surface area contributed by atoms with Crippen LogP contribution in [-0.4, -0.2) is 17.0 Å². The molecular formula is C14H16OS2. The zero-order valence-corrected chi connectivity index (χ0v) is 11.4. The van der Waals surface area contributed by atoms with Gasteiger partial charge in [0, 0.05) is 21.9 Å². The topological polar surface area (TPSA) is 20.2 Å². The second-order valence-electron chi connectivity index (χ2n) is 4.06. The van der Waals surface area contributed by atoms with Crippen molar-refractivity contribution in [3.8, 4) is 0 Å². The maximum Gasteiger partial charge on any atom is 0.0682 e. The van der Waals surface area contributed by atoms with Gasteiger partial charge in [0.15, 0.2) is 0 Å². The van der Waals surface area contributed by atoms with E-state index in [4.69, 9.17) is 0 Å². The second kappa shape index (κ2) is 6.24. The van der Waals surface area contributed by atoms with Crippen molar-refractivity contribution in [1.29, 1.82) is 0 Å². The molecule has 1 nitrogen and oxygen atoms in total. The molecule has 0 aliphatic carbocycles. The first-order valence-electron chi connectivity index (χ1n) is 5.64. The molecule has 1 aromatic carbocycles. The van der Waals surface area contributed by atoms with Gasteiger partial charge in [-0.1, -0.05) is 23.8 Å². The van der Waals surface area contributed by atoms with Gasteiger partial charge in [-0.15, -0.1) is 23.1 Å². The number of benzene rings is 1. The molecule has 1 N–H and O–H groups in total. The Morgan fingerprint density at radius 1 is 1.24 bits per heavy atom. The first-order valence-corrected chi connectivity index (χ1v) is 7.50. The molecule has 3 heteroatoms. The summed E-state index contributed by atoms with van der Waals surface area (Å²) in [4.78, 5) is 2.47. The number of thiophene rings is 1. The van der Waals surface area contributed by atoms with Crippen LogP contribution in [-0.2, 0) is 6.42 Å². The van der Waals surface area contributed by atoms with Crippen molar-refractivity contribution < 1.29 is 5.11 Å². The summed E-state index contributed by atoms with van der Waals surface area (Å²) in [5.41, 5.74) is 1.27. The predicted molar refractivity (Wildman–Crippen MR) is 75.9 cm³/mol. The summed E-state index contributed by atoms with van der Waals surface area (Å²) >= 11 is 3.42. The fraction of sp³-hybridized carbons (Fsp3) is 0.286. The molecule has 0 aliphatic heterocycles. The molecule has 1 atom stereocenters. The molecule has 1 aromatic heterocycles. The highest BCUT2D eigenvalue weighted by atomic mass is 32.2. The zero-order valence-electron chi connectivity index (χ0n) is 9.80. The number of hydrogen-bond donors (Lipinski definition) is 1. The third kappa shape index (κ3) is 4.19. The van der Waals surface area contributed by atoms with E-state index in [2.05, 4.69) is 42.6 Å². The van der Waals surface area contributed by atoms with Gasteiger partial charge in [0.05, 0.1) is 6.10 Å². The molecule has 0 saturated carbocycles. The number of aryl methyl sites for hydroxylation is 1. The summed E-state index contributed by atoms with van der Waals surface area (Å²) in [5, 5.41) is 12.0. The van der Waals surface area contributed by atoms with Crippen LogP contribution in [0.2, 0.25) is 0 Å². The van der Waals surface area contributed by atoms with Crippen molar-refractivity contribution >= 4 is 23.1 Å². The highest BCUT2D eigenvalue weighted by Gasteiger charge is 2.07. The molecule has 0 aliphatic rings. The summed E-state index contributed by atoms with van der Waals surface area (Å²) in [6, 6.07) is 12.5. The van der Waals surface area contributed by atoms with Crippen molar-refractivity contribution in [2.75, 3.05) is 5.75 Å². The molecular weight excluding hydrogens is 248 g/mol. The Kier molecular flexibility index (Phi) is 4.66. The van der Waals surface area contributed by atoms with Gasteiger partial charge < -0.3 is 5.11 Å². The van der Waals surface area contributed by atoms with Gasteiger partial charge >= 0.3 is 0 Å². The third-order valence-corrected chi connectivity index (χ3v) is 4.54. The van der Waals surface area contributed by atoms with Crippen molar-refractivity contribution in [2.45, 2.75) is 24.3 Å². The minimum atomic E-state index is -0.264. The average molecular weight is 264 g/mol. The normalized spacial score (nSPS) is 12.6. The molecule has 2 aromatic rings. The smallest absolute Gasteiger partial charge is 0.0682 e. The van der Waals surface area contributed by atoms with Gasteiger partial charge in [-0.3, -0.25) is 0 Å². The van der Waals surface area contributed by atoms with Crippen LogP contribution in [0.15, 0.2) is 46.7 Å². The van der Waals surface area contributed by atoms with Crippen LogP contribution in [0.25, 0.3) is 0 Å². The summed E-state index contributed by atoms with van der Waals surface area (Å²) in [6.07, 6.45) is 0.497. The molecule has 0 spiro atoms. The number of aliphatic hydroxyl groups is 1. The summed E-state index contributed by atoms with van der Waals surface area (Å²) in [7, 11) is 0. The van der Waals surface area contributed by atoms with E-state index in [1.807, 2.05) is 6.07 Å². The predicted octanol–water partition coefficient (Wildman–Crippen LogP) is 3.75. The van der Waals surface area contributed by atoms with Crippen LogP contribution < -0.4 is 0 Å². The fourth-order valence-corrected chi connectivity index (χ4v) is 3.16. The lowest BCUT2D eigenvalue weighted by atomic mass is 10.2. The molecule has 90 valence electrons. The Hall–Kier alpha value is -0.770. The summed E-state index contributed by atoms with van der Waals surface area (Å²) in [5.74, 6) is 0.751. The van der Waals surface area contributed by atoms with E-state index in [0.717, 1.165) is 12.2 Å². The number of rotatable bonds is 5. The minimum Gasteiger partial charge on any atom is -0.392 e. The lowest BCUT2D eigenvalue weighted by molar-refractivity contribution is 0.201. The van der Waals surface area contributed by atoms with E-state index in [1.54, 1.807) is 23.1 Å². The Balaban J connectivity index is 1.79. The van der Waals surface area contributed by atoms with E-state index in [1.165, 1.54) is 15.3 Å². The summed E-state index contributed by atoms with van der Waals surface area (Å²) < 4.78 is 0. The van der Waals surface area contributed by atoms with Gasteiger partial charge in [-0.25, -0.2) is 0 Å². The molecule has 1 unspecified atom stereocenters. The third-order valence-electron chi connectivity index (χ3n) is 2.48. The van der Waals surface area contributed by atoms with Crippen molar-refractivity contribution in [1.82, 2.24) is 0 Å². The quantitative estimate of drug-likeness (QED) is 0.830. The number of thioether (sulfide) groups is 1. The Morgan fingerprint density at radius 3 is 2.65 bits per heavy atom. The highest BCUT2D eigenvalue weighted by molar-refractivity contribution is 7.99. The Morgan fingerprint density at radius 2 is 2.00 bits per heavy atom. The van der Waals surface area contributed by atoms with Crippen LogP contribution in [0.4, 0.5) is 0 Å². The van der Waals surface area contributed by atoms with E-state index < -0.39 is 0 Å². The van der Waals surface area contributed by atoms with Crippen LogP contribution in [0.1, 0.15) is 10.4 Å². The molecule has 0 fully saturated rings. The minimum absolute atomic E-state index is 0.264. The first kappa shape index (κ1) is 12.7. The molecule has 0 amide bonds. The van der Waals surface area contributed by atoms with Crippen LogP contribution in [0, 0.1) is 6.92 Å². The molecule has 1 heterocycles. The maximum absolute atomic E-state index is 9.92. The highest BCUT2D eigenvalue weighted by Crippen LogP contribution is 2.21. The van der Waals surface area contributed by atoms with Crippen LogP contribution >= 0.6 is 23.1 Å². The lowest BCUT2D eigenvalue weighted by Crippen LogP contribution is -2.12. The van der Waals surface area contributed by atoms with Gasteiger partial charge in [0.25, 0.3) is 0 Å². The largest absolute Gasteiger partial charge is 0.392 e. The van der Waals surface area contributed by atoms with E-state index in [0.29, 0.717) is 0 Å². The summed E-state index contributed by atoms with van der Waals surface area (Å²) in [6.45, 7) is 2.08. The number of aliphatic hydroxyl groups excluding tert-OH is 1. The monoisotopic (exact) mass is 264 g/mol. The standard InChI is InChI=1S/C14H16OS2/c1-11-4-6-13(7-5-11)17-10-12(15)9-14-3-2-8-16-14/h2-8,12,15H,9-10H2,1H3. The molecule has 2 rings (SSSR count). The Labute approximate surface area is 111 Å². The maximum atomic E-state index is 9.92. The fourth-order valence-electron chi connectivity index (χ4n) is 1.55. The van der Waals surface area contributed by atoms with E-state index in [-0.39, 0.29) is 6.10 Å². The van der Waals surface area contributed by atoms with Gasteiger partial charge in [0.1, 0.15) is 0 Å². The zero-order chi connectivity index (χ0) is 12.1. The first-order chi connectivity index (χ1) is 8.24. The second-order valence-corrected chi connectivity index (χ2v) is 6.19. The van der Waals surface area contributed by atoms with Crippen LogP contribution in [0.5, 0.6) is 0 Å². The molecule has 0 radical (unpaired) electrons. The lowest BCUT2D eigenvalue weighted by Gasteiger charge is -2.09. The molecule has 17 heavy (non-hydrogen) atoms. The van der Waals surface area contributed by atoms with Gasteiger partial charge in [-0.05, 0) is 30.5 Å². The number of hydrogen-bond acceptors (Lipinski definition) is 3. The SMILES string of the molecule is Cc1ccc(SCC(O)Cc2cccs2)cc1. The average Bonchev–Trinajstić information content (AvgIpc) is 2.81. The van der Waals surface area contributed by atoms with Crippen molar-refractivity contribution in [2.24, 2.45) is 0 Å². The van der Waals surface area contributed by atoms with Crippen molar-refractivity contribution in [3.63, 3.8) is 0 Å². The van der Waals surface area contributed by atoms with Crippen molar-refractivity contribution in [3.05, 3.63) is 52.2 Å². The van der Waals surface area contributed by atoms with Crippen LogP contribution in [0.3, 0.4) is 0 Å². The van der Waals surface area contributed by atoms with E-state index in [9.17, 15) is 5.11 Å². The van der Waals surface area contributed by atoms with Gasteiger partial charge in [-0.2, -0.15) is 0 Å². The molecule has 0 saturated heterocycles.